The highest BCUT2D eigenvalue weighted by Gasteiger charge is 2.18. The molecule has 1 heterocycles. The monoisotopic (exact) mass is 305 g/mol. The minimum absolute atomic E-state index is 0.0153. The highest BCUT2D eigenvalue weighted by Crippen LogP contribution is 2.23. The zero-order chi connectivity index (χ0) is 14.7. The molecule has 20 heavy (non-hydrogen) atoms. The van der Waals surface area contributed by atoms with E-state index >= 15 is 0 Å². The Kier molecular flexibility index (Phi) is 4.27. The van der Waals surface area contributed by atoms with E-state index in [4.69, 9.17) is 5.26 Å². The first-order valence-corrected chi connectivity index (χ1v) is 7.65. The van der Waals surface area contributed by atoms with Crippen molar-refractivity contribution in [3.63, 3.8) is 0 Å². The van der Waals surface area contributed by atoms with E-state index in [1.54, 1.807) is 18.4 Å². The van der Waals surface area contributed by atoms with Crippen LogP contribution in [0.2, 0.25) is 0 Å². The molecule has 102 valence electrons. The number of anilines is 1. The molecule has 0 atom stereocenters. The van der Waals surface area contributed by atoms with Gasteiger partial charge in [0.1, 0.15) is 15.8 Å². The zero-order valence-corrected chi connectivity index (χ0v) is 12.5. The van der Waals surface area contributed by atoms with Crippen molar-refractivity contribution < 1.29 is 4.79 Å². The maximum absolute atomic E-state index is 12.1. The number of hydrogen-bond donors (Lipinski definition) is 1. The standard InChI is InChI=1S/C13H11N3O2S2/c1-8-3-5-9(6-4-8)15-13(18)16-11(17)10(7-14)12(19-2)20-16/h3-6H,1-2H3,(H,15,18). The average Bonchev–Trinajstić information content (AvgIpc) is 2.77. The number of benzene rings is 1. The Balaban J connectivity index is 2.31. The van der Waals surface area contributed by atoms with Crippen molar-refractivity contribution in [1.82, 2.24) is 3.96 Å². The van der Waals surface area contributed by atoms with Crippen LogP contribution in [-0.4, -0.2) is 16.2 Å². The molecule has 0 saturated heterocycles. The summed E-state index contributed by atoms with van der Waals surface area (Å²) in [6, 6.07) is 8.52. The highest BCUT2D eigenvalue weighted by atomic mass is 32.2. The number of carbonyl (C=O) groups is 1. The molecule has 2 aromatic rings. The van der Waals surface area contributed by atoms with Gasteiger partial charge < -0.3 is 5.32 Å². The minimum Gasteiger partial charge on any atom is -0.306 e. The SMILES string of the molecule is CSc1sn(C(=O)Nc2ccc(C)cc2)c(=O)c1C#N. The Morgan fingerprint density at radius 1 is 1.40 bits per heavy atom. The summed E-state index contributed by atoms with van der Waals surface area (Å²) in [4.78, 5) is 24.0. The number of rotatable bonds is 2. The first kappa shape index (κ1) is 14.4. The van der Waals surface area contributed by atoms with Crippen LogP contribution in [-0.2, 0) is 0 Å². The summed E-state index contributed by atoms with van der Waals surface area (Å²) in [7, 11) is 0. The number of hydrogen-bond acceptors (Lipinski definition) is 5. The number of aryl methyl sites for hydroxylation is 1. The molecule has 0 aliphatic carbocycles. The zero-order valence-electron chi connectivity index (χ0n) is 10.8. The molecule has 0 radical (unpaired) electrons. The molecular weight excluding hydrogens is 294 g/mol. The second-order valence-corrected chi connectivity index (χ2v) is 6.00. The van der Waals surface area contributed by atoms with Crippen molar-refractivity contribution in [2.45, 2.75) is 11.1 Å². The van der Waals surface area contributed by atoms with Crippen molar-refractivity contribution in [2.24, 2.45) is 0 Å². The van der Waals surface area contributed by atoms with Gasteiger partial charge in [0.05, 0.1) is 0 Å². The number of nitrogens with one attached hydrogen (secondary N) is 1. The molecule has 0 aliphatic heterocycles. The summed E-state index contributed by atoms with van der Waals surface area (Å²) in [5, 5.41) is 11.6. The summed E-state index contributed by atoms with van der Waals surface area (Å²) >= 11 is 2.25. The average molecular weight is 305 g/mol. The Hall–Kier alpha value is -2.04. The van der Waals surface area contributed by atoms with Gasteiger partial charge in [-0.05, 0) is 36.8 Å². The number of amides is 1. The fraction of sp³-hybridized carbons (Fsp3) is 0.154. The van der Waals surface area contributed by atoms with Crippen molar-refractivity contribution >= 4 is 35.0 Å². The second kappa shape index (κ2) is 5.94. The molecule has 0 spiro atoms. The van der Waals surface area contributed by atoms with E-state index in [9.17, 15) is 9.59 Å². The molecule has 5 nitrogen and oxygen atoms in total. The third kappa shape index (κ3) is 2.76. The third-order valence-electron chi connectivity index (χ3n) is 2.56. The molecule has 1 aromatic heterocycles. The summed E-state index contributed by atoms with van der Waals surface area (Å²) < 4.78 is 1.50. The molecule has 2 rings (SSSR count). The van der Waals surface area contributed by atoms with Gasteiger partial charge in [0.2, 0.25) is 0 Å². The minimum atomic E-state index is -0.577. The summed E-state index contributed by atoms with van der Waals surface area (Å²) in [5.41, 5.74) is 1.12. The van der Waals surface area contributed by atoms with Crippen molar-refractivity contribution in [3.05, 3.63) is 45.7 Å². The fourth-order valence-corrected chi connectivity index (χ4v) is 3.09. The first-order chi connectivity index (χ1) is 9.56. The van der Waals surface area contributed by atoms with E-state index in [1.165, 1.54) is 11.8 Å². The summed E-state index contributed by atoms with van der Waals surface area (Å²) in [6.07, 6.45) is 1.76. The molecule has 1 aromatic carbocycles. The third-order valence-corrected chi connectivity index (χ3v) is 4.74. The molecule has 0 aliphatic rings. The van der Waals surface area contributed by atoms with Gasteiger partial charge >= 0.3 is 6.03 Å². The lowest BCUT2D eigenvalue weighted by Gasteiger charge is -2.04. The number of carbonyl (C=O) groups excluding carboxylic acids is 1. The molecule has 1 amide bonds. The highest BCUT2D eigenvalue weighted by molar-refractivity contribution is 8.00. The van der Waals surface area contributed by atoms with Gasteiger partial charge in [0.25, 0.3) is 5.56 Å². The van der Waals surface area contributed by atoms with Crippen LogP contribution in [0, 0.1) is 18.3 Å². The smallest absolute Gasteiger partial charge is 0.306 e. The molecule has 0 fully saturated rings. The van der Waals surface area contributed by atoms with Gasteiger partial charge in [-0.1, -0.05) is 17.7 Å². The maximum Gasteiger partial charge on any atom is 0.342 e. The van der Waals surface area contributed by atoms with Crippen LogP contribution in [0.1, 0.15) is 11.1 Å². The van der Waals surface area contributed by atoms with Gasteiger partial charge in [-0.2, -0.15) is 9.22 Å². The van der Waals surface area contributed by atoms with Crippen LogP contribution < -0.4 is 10.9 Å². The topological polar surface area (TPSA) is 74.9 Å². The lowest BCUT2D eigenvalue weighted by Crippen LogP contribution is -2.27. The number of thioether (sulfide) groups is 1. The lowest BCUT2D eigenvalue weighted by molar-refractivity contribution is 0.255. The summed E-state index contributed by atoms with van der Waals surface area (Å²) in [5.74, 6) is 0. The quantitative estimate of drug-likeness (QED) is 0.866. The number of aromatic nitrogens is 1. The first-order valence-electron chi connectivity index (χ1n) is 5.65. The van der Waals surface area contributed by atoms with E-state index in [1.807, 2.05) is 25.1 Å². The predicted octanol–water partition coefficient (Wildman–Crippen LogP) is 2.89. The predicted molar refractivity (Wildman–Crippen MR) is 80.7 cm³/mol. The van der Waals surface area contributed by atoms with Crippen LogP contribution in [0.25, 0.3) is 0 Å². The van der Waals surface area contributed by atoms with E-state index in [0.29, 0.717) is 9.90 Å². The van der Waals surface area contributed by atoms with Crippen molar-refractivity contribution in [2.75, 3.05) is 11.6 Å². The molecule has 0 unspecified atom stereocenters. The Bertz CT molecular complexity index is 738. The van der Waals surface area contributed by atoms with E-state index < -0.39 is 11.6 Å². The van der Waals surface area contributed by atoms with Crippen LogP contribution >= 0.6 is 23.3 Å². The molecule has 7 heteroatoms. The molecule has 1 N–H and O–H groups in total. The van der Waals surface area contributed by atoms with E-state index in [2.05, 4.69) is 5.32 Å². The molecule has 0 saturated carbocycles. The van der Waals surface area contributed by atoms with Gasteiger partial charge in [0.15, 0.2) is 0 Å². The Morgan fingerprint density at radius 2 is 2.05 bits per heavy atom. The summed E-state index contributed by atoms with van der Waals surface area (Å²) in [6.45, 7) is 1.94. The van der Waals surface area contributed by atoms with Crippen LogP contribution in [0.4, 0.5) is 10.5 Å². The Morgan fingerprint density at radius 3 is 2.55 bits per heavy atom. The largest absolute Gasteiger partial charge is 0.342 e. The normalized spacial score (nSPS) is 10.1. The van der Waals surface area contributed by atoms with E-state index in [0.717, 1.165) is 21.1 Å². The fourth-order valence-electron chi connectivity index (χ4n) is 1.54. The van der Waals surface area contributed by atoms with Gasteiger partial charge in [0, 0.05) is 5.69 Å². The van der Waals surface area contributed by atoms with Crippen LogP contribution in [0.15, 0.2) is 33.3 Å². The van der Waals surface area contributed by atoms with Crippen LogP contribution in [0.5, 0.6) is 0 Å². The van der Waals surface area contributed by atoms with Crippen molar-refractivity contribution in [1.29, 1.82) is 5.26 Å². The lowest BCUT2D eigenvalue weighted by atomic mass is 10.2. The van der Waals surface area contributed by atoms with E-state index in [-0.39, 0.29) is 5.56 Å². The molecular formula is C13H11N3O2S2. The number of nitriles is 1. The van der Waals surface area contributed by atoms with Crippen molar-refractivity contribution in [3.8, 4) is 6.07 Å². The second-order valence-electron chi connectivity index (χ2n) is 3.97. The van der Waals surface area contributed by atoms with Gasteiger partial charge in [-0.15, -0.1) is 11.8 Å². The van der Waals surface area contributed by atoms with Crippen LogP contribution in [0.3, 0.4) is 0 Å². The Labute approximate surface area is 124 Å². The molecule has 0 bridgehead atoms. The number of nitrogens with zero attached hydrogens (tertiary/aromatic N) is 2. The van der Waals surface area contributed by atoms with Gasteiger partial charge in [-0.3, -0.25) is 4.79 Å². The maximum atomic E-state index is 12.1. The van der Waals surface area contributed by atoms with Gasteiger partial charge in [-0.25, -0.2) is 4.79 Å².